The van der Waals surface area contributed by atoms with Gasteiger partial charge in [-0.15, -0.1) is 0 Å². The Morgan fingerprint density at radius 1 is 1.16 bits per heavy atom. The van der Waals surface area contributed by atoms with Crippen LogP contribution in [0.4, 0.5) is 0 Å². The first-order chi connectivity index (χ1) is 11.8. The van der Waals surface area contributed by atoms with Crippen molar-refractivity contribution in [3.63, 3.8) is 0 Å². The molecule has 2 aromatic rings. The summed E-state index contributed by atoms with van der Waals surface area (Å²) in [7, 11) is -3.92. The summed E-state index contributed by atoms with van der Waals surface area (Å²) in [6, 6.07) is 15.7. The Hall–Kier alpha value is -2.15. The largest absolute Gasteiger partial charge is 0.480 e. The number of nitrogens with one attached hydrogen (secondary N) is 1. The maximum Gasteiger partial charge on any atom is 0.325 e. The first kappa shape index (κ1) is 17.7. The Bertz CT molecular complexity index is 910. The molecule has 0 bridgehead atoms. The maximum atomic E-state index is 12.3. The molecule has 0 saturated heterocycles. The molecular weight excluding hydrogens is 362 g/mol. The van der Waals surface area contributed by atoms with E-state index in [0.29, 0.717) is 10.6 Å². The van der Waals surface area contributed by atoms with E-state index in [4.69, 9.17) is 11.6 Å². The van der Waals surface area contributed by atoms with Crippen LogP contribution in [-0.2, 0) is 14.8 Å². The molecule has 1 aliphatic carbocycles. The van der Waals surface area contributed by atoms with Crippen LogP contribution >= 0.6 is 11.6 Å². The van der Waals surface area contributed by atoms with E-state index >= 15 is 0 Å². The van der Waals surface area contributed by atoms with Crippen LogP contribution in [0.5, 0.6) is 0 Å². The molecule has 0 aliphatic heterocycles. The van der Waals surface area contributed by atoms with Crippen molar-refractivity contribution >= 4 is 33.7 Å². The number of hydrogen-bond donors (Lipinski definition) is 2. The van der Waals surface area contributed by atoms with Gasteiger partial charge in [0.05, 0.1) is 0 Å². The standard InChI is InChI=1S/C18H16ClNO4S/c19-15-8-6-13(7-9-15)10-11-25(23,24)20-18(17(21)22)12-16(18)14-4-2-1-3-5-14/h1-11,16,20H,12H2,(H,21,22)/b11-10+/t16-,18-/m0/s1. The minimum Gasteiger partial charge on any atom is -0.480 e. The average Bonchev–Trinajstić information content (AvgIpc) is 3.30. The Morgan fingerprint density at radius 2 is 1.80 bits per heavy atom. The molecule has 130 valence electrons. The zero-order chi connectivity index (χ0) is 18.1. The van der Waals surface area contributed by atoms with E-state index in [1.807, 2.05) is 6.07 Å². The van der Waals surface area contributed by atoms with E-state index in [2.05, 4.69) is 4.72 Å². The minimum atomic E-state index is -3.92. The molecule has 1 saturated carbocycles. The van der Waals surface area contributed by atoms with Crippen LogP contribution in [0.15, 0.2) is 60.0 Å². The van der Waals surface area contributed by atoms with Gasteiger partial charge in [-0.1, -0.05) is 54.1 Å². The fraction of sp³-hybridized carbons (Fsp3) is 0.167. The molecule has 0 aromatic heterocycles. The summed E-state index contributed by atoms with van der Waals surface area (Å²) < 4.78 is 27.0. The van der Waals surface area contributed by atoms with E-state index in [9.17, 15) is 18.3 Å². The van der Waals surface area contributed by atoms with Gasteiger partial charge in [0.15, 0.2) is 0 Å². The van der Waals surface area contributed by atoms with Crippen LogP contribution in [0.1, 0.15) is 23.5 Å². The molecule has 2 atom stereocenters. The normalized spacial score (nSPS) is 22.8. The second-order valence-electron chi connectivity index (χ2n) is 5.95. The molecule has 25 heavy (non-hydrogen) atoms. The van der Waals surface area contributed by atoms with Crippen molar-refractivity contribution in [3.8, 4) is 0 Å². The average molecular weight is 378 g/mol. The Morgan fingerprint density at radius 3 is 2.40 bits per heavy atom. The zero-order valence-electron chi connectivity index (χ0n) is 13.1. The van der Waals surface area contributed by atoms with Crippen molar-refractivity contribution < 1.29 is 18.3 Å². The first-order valence-corrected chi connectivity index (χ1v) is 9.51. The first-order valence-electron chi connectivity index (χ1n) is 7.58. The highest BCUT2D eigenvalue weighted by atomic mass is 35.5. The molecular formula is C18H16ClNO4S. The summed E-state index contributed by atoms with van der Waals surface area (Å²) in [4.78, 5) is 11.7. The van der Waals surface area contributed by atoms with Crippen molar-refractivity contribution in [2.75, 3.05) is 0 Å². The van der Waals surface area contributed by atoms with Crippen LogP contribution in [0.3, 0.4) is 0 Å². The molecule has 1 fully saturated rings. The molecule has 0 spiro atoms. The number of hydrogen-bond acceptors (Lipinski definition) is 3. The van der Waals surface area contributed by atoms with Crippen LogP contribution in [0.25, 0.3) is 6.08 Å². The Kier molecular flexibility index (Phi) is 4.69. The van der Waals surface area contributed by atoms with E-state index in [1.54, 1.807) is 48.5 Å². The third-order valence-electron chi connectivity index (χ3n) is 4.18. The minimum absolute atomic E-state index is 0.223. The van der Waals surface area contributed by atoms with Crippen LogP contribution in [0.2, 0.25) is 5.02 Å². The molecule has 0 amide bonds. The molecule has 0 radical (unpaired) electrons. The number of carbonyl (C=O) groups is 1. The summed E-state index contributed by atoms with van der Waals surface area (Å²) in [6.07, 6.45) is 1.62. The molecule has 1 aliphatic rings. The lowest BCUT2D eigenvalue weighted by molar-refractivity contribution is -0.140. The van der Waals surface area contributed by atoms with Gasteiger partial charge in [-0.25, -0.2) is 8.42 Å². The van der Waals surface area contributed by atoms with Gasteiger partial charge < -0.3 is 5.11 Å². The lowest BCUT2D eigenvalue weighted by atomic mass is 10.1. The second-order valence-corrected chi connectivity index (χ2v) is 7.95. The van der Waals surface area contributed by atoms with Gasteiger partial charge >= 0.3 is 5.97 Å². The molecule has 0 heterocycles. The third kappa shape index (κ3) is 3.92. The second kappa shape index (κ2) is 6.63. The van der Waals surface area contributed by atoms with E-state index < -0.39 is 21.5 Å². The quantitative estimate of drug-likeness (QED) is 0.809. The number of carboxylic acids is 1. The predicted octanol–water partition coefficient (Wildman–Crippen LogP) is 3.24. The topological polar surface area (TPSA) is 83.5 Å². The SMILES string of the molecule is O=C(O)[C@]1(NS(=O)(=O)/C=C/c2ccc(Cl)cc2)C[C@H]1c1ccccc1. The highest BCUT2D eigenvalue weighted by molar-refractivity contribution is 7.92. The Labute approximate surface area is 151 Å². The summed E-state index contributed by atoms with van der Waals surface area (Å²) in [5, 5.41) is 11.1. The van der Waals surface area contributed by atoms with E-state index in [1.165, 1.54) is 6.08 Å². The maximum absolute atomic E-state index is 12.3. The molecule has 2 N–H and O–H groups in total. The van der Waals surface area contributed by atoms with Gasteiger partial charge in [-0.3, -0.25) is 4.79 Å². The predicted molar refractivity (Wildman–Crippen MR) is 96.7 cm³/mol. The summed E-state index contributed by atoms with van der Waals surface area (Å²) >= 11 is 5.79. The molecule has 5 nitrogen and oxygen atoms in total. The summed E-state index contributed by atoms with van der Waals surface area (Å²) in [5.41, 5.74) is -0.0475. The fourth-order valence-corrected chi connectivity index (χ4v) is 4.12. The summed E-state index contributed by atoms with van der Waals surface area (Å²) in [6.45, 7) is 0. The van der Waals surface area contributed by atoms with Crippen LogP contribution in [-0.4, -0.2) is 25.0 Å². The monoisotopic (exact) mass is 377 g/mol. The number of sulfonamides is 1. The van der Waals surface area contributed by atoms with Gasteiger partial charge in [0.2, 0.25) is 10.0 Å². The molecule has 2 aromatic carbocycles. The van der Waals surface area contributed by atoms with Gasteiger partial charge in [0.25, 0.3) is 0 Å². The molecule has 7 heteroatoms. The highest BCUT2D eigenvalue weighted by Crippen LogP contribution is 2.52. The number of rotatable bonds is 6. The van der Waals surface area contributed by atoms with E-state index in [0.717, 1.165) is 11.0 Å². The Balaban J connectivity index is 1.79. The van der Waals surface area contributed by atoms with Gasteiger partial charge in [-0.2, -0.15) is 4.72 Å². The van der Waals surface area contributed by atoms with Crippen LogP contribution in [0, 0.1) is 0 Å². The van der Waals surface area contributed by atoms with Gasteiger partial charge in [-0.05, 0) is 35.8 Å². The number of benzene rings is 2. The molecule has 3 rings (SSSR count). The molecule has 0 unspecified atom stereocenters. The number of halogens is 1. The van der Waals surface area contributed by atoms with Crippen molar-refractivity contribution in [2.45, 2.75) is 17.9 Å². The fourth-order valence-electron chi connectivity index (χ4n) is 2.77. The van der Waals surface area contributed by atoms with Crippen LogP contribution < -0.4 is 4.72 Å². The zero-order valence-corrected chi connectivity index (χ0v) is 14.7. The van der Waals surface area contributed by atoms with E-state index in [-0.39, 0.29) is 12.3 Å². The van der Waals surface area contributed by atoms with Crippen molar-refractivity contribution in [3.05, 3.63) is 76.2 Å². The lowest BCUT2D eigenvalue weighted by Gasteiger charge is -2.13. The smallest absolute Gasteiger partial charge is 0.325 e. The van der Waals surface area contributed by atoms with Crippen molar-refractivity contribution in [1.82, 2.24) is 4.72 Å². The highest BCUT2D eigenvalue weighted by Gasteiger charge is 2.63. The summed E-state index contributed by atoms with van der Waals surface area (Å²) in [5.74, 6) is -1.56. The van der Waals surface area contributed by atoms with Gasteiger partial charge in [0.1, 0.15) is 5.54 Å². The van der Waals surface area contributed by atoms with Crippen molar-refractivity contribution in [2.24, 2.45) is 0 Å². The van der Waals surface area contributed by atoms with Gasteiger partial charge in [0, 0.05) is 16.3 Å². The number of carboxylic acid groups (broad SMARTS) is 1. The number of aliphatic carboxylic acids is 1. The van der Waals surface area contributed by atoms with Crippen molar-refractivity contribution in [1.29, 1.82) is 0 Å². The third-order valence-corrected chi connectivity index (χ3v) is 5.57. The lowest BCUT2D eigenvalue weighted by Crippen LogP contribution is -2.43.